The smallest absolute Gasteiger partial charge is 0.171 e. The summed E-state index contributed by atoms with van der Waals surface area (Å²) in [4.78, 5) is 0. The molecule has 0 aromatic rings. The lowest BCUT2D eigenvalue weighted by Gasteiger charge is -2.18. The van der Waals surface area contributed by atoms with Crippen molar-refractivity contribution in [3.63, 3.8) is 0 Å². The zero-order chi connectivity index (χ0) is 7.65. The number of rotatable bonds is 1. The van der Waals surface area contributed by atoms with Crippen LogP contribution < -0.4 is 0 Å². The molecule has 0 saturated carbocycles. The monoisotopic (exact) mass is 138 g/mol. The molecule has 0 bridgehead atoms. The number of alkyl halides is 3. The summed E-state index contributed by atoms with van der Waals surface area (Å²) in [6.45, 7) is 2.77. The molecule has 0 saturated heterocycles. The van der Waals surface area contributed by atoms with Crippen LogP contribution in [0.4, 0.5) is 13.2 Å². The molecule has 0 aliphatic carbocycles. The van der Waals surface area contributed by atoms with Crippen LogP contribution in [0.15, 0.2) is 0 Å². The predicted molar refractivity (Wildman–Crippen MR) is 33.2 cm³/mol. The van der Waals surface area contributed by atoms with E-state index in [2.05, 4.69) is 0 Å². The van der Waals surface area contributed by atoms with Gasteiger partial charge in [-0.1, -0.05) is 19.7 Å². The Kier molecular flexibility index (Phi) is 2.58. The molecule has 0 aromatic carbocycles. The summed E-state index contributed by atoms with van der Waals surface area (Å²) in [5.41, 5.74) is 0. The quantitative estimate of drug-likeness (QED) is 0.483. The van der Waals surface area contributed by atoms with Crippen LogP contribution in [0.3, 0.4) is 0 Å². The first-order chi connectivity index (χ1) is 3.85. The van der Waals surface area contributed by atoms with Gasteiger partial charge in [0.15, 0.2) is 0 Å². The van der Waals surface area contributed by atoms with Crippen LogP contribution in [0.5, 0.6) is 0 Å². The third kappa shape index (κ3) is 2.77. The summed E-state index contributed by atoms with van der Waals surface area (Å²) in [5.74, 6) is -1.50. The largest absolute Gasteiger partial charge is 0.391 e. The van der Waals surface area contributed by atoms with Gasteiger partial charge >= 0.3 is 6.18 Å². The van der Waals surface area contributed by atoms with Gasteiger partial charge in [0.05, 0.1) is 0 Å². The van der Waals surface area contributed by atoms with Crippen LogP contribution >= 0.6 is 0 Å². The first-order valence-corrected chi connectivity index (χ1v) is 2.92. The Hall–Kier alpha value is -0.145. The van der Waals surface area contributed by atoms with Crippen LogP contribution in [0.1, 0.15) is 13.8 Å². The van der Waals surface area contributed by atoms with Crippen LogP contribution in [0.2, 0.25) is 5.82 Å². The standard InChI is InChI=1S/C5H10BF3/c1-3(4(2)6)5(7,8)9/h3-4H,6H2,1-2H3. The van der Waals surface area contributed by atoms with Gasteiger partial charge in [0.1, 0.15) is 7.85 Å². The lowest BCUT2D eigenvalue weighted by molar-refractivity contribution is -0.169. The van der Waals surface area contributed by atoms with Gasteiger partial charge in [-0.25, -0.2) is 0 Å². The molecule has 0 heterocycles. The van der Waals surface area contributed by atoms with Crippen molar-refractivity contribution in [2.75, 3.05) is 0 Å². The van der Waals surface area contributed by atoms with E-state index in [4.69, 9.17) is 0 Å². The number of hydrogen-bond acceptors (Lipinski definition) is 0. The topological polar surface area (TPSA) is 0 Å². The summed E-state index contributed by atoms with van der Waals surface area (Å²) in [6, 6.07) is 0. The molecule has 0 fully saturated rings. The second kappa shape index (κ2) is 2.63. The average Bonchev–Trinajstić information content (AvgIpc) is 1.62. The minimum absolute atomic E-state index is 0.315. The van der Waals surface area contributed by atoms with Crippen LogP contribution in [-0.2, 0) is 0 Å². The molecule has 0 N–H and O–H groups in total. The maximum absolute atomic E-state index is 11.7. The van der Waals surface area contributed by atoms with Crippen molar-refractivity contribution in [3.8, 4) is 0 Å². The fourth-order valence-corrected chi connectivity index (χ4v) is 0.378. The summed E-state index contributed by atoms with van der Waals surface area (Å²) >= 11 is 0. The average molecular weight is 138 g/mol. The predicted octanol–water partition coefficient (Wildman–Crippen LogP) is 1.63. The van der Waals surface area contributed by atoms with Crippen molar-refractivity contribution >= 4 is 7.85 Å². The van der Waals surface area contributed by atoms with Gasteiger partial charge in [-0.15, -0.1) is 0 Å². The third-order valence-electron chi connectivity index (χ3n) is 1.52. The van der Waals surface area contributed by atoms with E-state index in [-0.39, 0.29) is 5.82 Å². The molecular weight excluding hydrogens is 128 g/mol. The van der Waals surface area contributed by atoms with Crippen molar-refractivity contribution in [1.82, 2.24) is 0 Å². The van der Waals surface area contributed by atoms with Gasteiger partial charge in [-0.2, -0.15) is 13.2 Å². The van der Waals surface area contributed by atoms with Gasteiger partial charge in [-0.3, -0.25) is 0 Å². The Balaban J connectivity index is 3.88. The molecule has 9 heavy (non-hydrogen) atoms. The third-order valence-corrected chi connectivity index (χ3v) is 1.52. The highest BCUT2D eigenvalue weighted by Crippen LogP contribution is 2.32. The zero-order valence-corrected chi connectivity index (χ0v) is 5.79. The fraction of sp³-hybridized carbons (Fsp3) is 1.00. The second-order valence-corrected chi connectivity index (χ2v) is 2.57. The zero-order valence-electron chi connectivity index (χ0n) is 5.79. The summed E-state index contributed by atoms with van der Waals surface area (Å²) in [5, 5.41) is 0. The maximum atomic E-state index is 11.7. The second-order valence-electron chi connectivity index (χ2n) is 2.57. The molecule has 0 rings (SSSR count). The van der Waals surface area contributed by atoms with Crippen LogP contribution in [-0.4, -0.2) is 14.0 Å². The van der Waals surface area contributed by atoms with Gasteiger partial charge in [0.25, 0.3) is 0 Å². The first-order valence-electron chi connectivity index (χ1n) is 2.92. The molecule has 2 unspecified atom stereocenters. The van der Waals surface area contributed by atoms with E-state index in [1.54, 1.807) is 14.8 Å². The van der Waals surface area contributed by atoms with E-state index < -0.39 is 12.1 Å². The lowest BCUT2D eigenvalue weighted by atomic mass is 9.79. The van der Waals surface area contributed by atoms with Crippen LogP contribution in [0, 0.1) is 5.92 Å². The van der Waals surface area contributed by atoms with E-state index in [0.29, 0.717) is 0 Å². The summed E-state index contributed by atoms with van der Waals surface area (Å²) < 4.78 is 35.1. The maximum Gasteiger partial charge on any atom is 0.391 e. The molecule has 2 atom stereocenters. The van der Waals surface area contributed by atoms with Crippen molar-refractivity contribution in [1.29, 1.82) is 0 Å². The van der Waals surface area contributed by atoms with Crippen molar-refractivity contribution in [2.45, 2.75) is 25.8 Å². The molecule has 4 heteroatoms. The highest BCUT2D eigenvalue weighted by atomic mass is 19.4. The van der Waals surface area contributed by atoms with Gasteiger partial charge in [-0.05, 0) is 0 Å². The minimum atomic E-state index is -4.02. The number of halogens is 3. The Morgan fingerprint density at radius 3 is 1.56 bits per heavy atom. The van der Waals surface area contributed by atoms with Crippen molar-refractivity contribution in [3.05, 3.63) is 0 Å². The normalized spacial score (nSPS) is 19.2. The van der Waals surface area contributed by atoms with E-state index in [1.807, 2.05) is 0 Å². The molecule has 0 aromatic heterocycles. The molecule has 0 amide bonds. The molecule has 0 radical (unpaired) electrons. The Labute approximate surface area is 53.8 Å². The van der Waals surface area contributed by atoms with E-state index >= 15 is 0 Å². The molecule has 0 aliphatic rings. The summed E-state index contributed by atoms with van der Waals surface area (Å²) in [7, 11) is 1.57. The number of hydrogen-bond donors (Lipinski definition) is 0. The first kappa shape index (κ1) is 8.85. The van der Waals surface area contributed by atoms with Crippen molar-refractivity contribution < 1.29 is 13.2 Å². The molecule has 0 spiro atoms. The molecule has 0 aliphatic heterocycles. The van der Waals surface area contributed by atoms with Gasteiger partial charge < -0.3 is 0 Å². The Morgan fingerprint density at radius 1 is 1.22 bits per heavy atom. The van der Waals surface area contributed by atoms with Gasteiger partial charge in [0, 0.05) is 5.92 Å². The van der Waals surface area contributed by atoms with E-state index in [1.165, 1.54) is 6.92 Å². The Bertz CT molecular complexity index is 86.7. The highest BCUT2D eigenvalue weighted by Gasteiger charge is 2.37. The molecule has 0 nitrogen and oxygen atoms in total. The lowest BCUT2D eigenvalue weighted by Crippen LogP contribution is -2.22. The Morgan fingerprint density at radius 2 is 1.56 bits per heavy atom. The van der Waals surface area contributed by atoms with Crippen LogP contribution in [0.25, 0.3) is 0 Å². The minimum Gasteiger partial charge on any atom is -0.171 e. The van der Waals surface area contributed by atoms with Crippen molar-refractivity contribution in [2.24, 2.45) is 5.92 Å². The molecule has 54 valence electrons. The highest BCUT2D eigenvalue weighted by molar-refractivity contribution is 6.11. The summed E-state index contributed by atoms with van der Waals surface area (Å²) in [6.07, 6.45) is -4.02. The SMILES string of the molecule is BC(C)C(C)C(F)(F)F. The molecular formula is C5H10BF3. The van der Waals surface area contributed by atoms with Gasteiger partial charge in [0.2, 0.25) is 0 Å². The van der Waals surface area contributed by atoms with E-state index in [9.17, 15) is 13.2 Å². The van der Waals surface area contributed by atoms with E-state index in [0.717, 1.165) is 0 Å². The fourth-order valence-electron chi connectivity index (χ4n) is 0.378.